The first-order valence-corrected chi connectivity index (χ1v) is 26.3. The molecular formula is C58H80O20. The molecule has 2 aromatic rings. The Labute approximate surface area is 455 Å². The molecule has 0 aromatic carbocycles. The number of aliphatic hydroxyl groups excluding tert-OH is 4. The lowest BCUT2D eigenvalue weighted by Crippen LogP contribution is -2.59. The number of rotatable bonds is 14. The zero-order valence-electron chi connectivity index (χ0n) is 47.8. The van der Waals surface area contributed by atoms with Crippen LogP contribution in [-0.2, 0) is 66.7 Å². The van der Waals surface area contributed by atoms with E-state index in [-0.39, 0.29) is 38.5 Å². The minimum absolute atomic E-state index is 0.112. The summed E-state index contributed by atoms with van der Waals surface area (Å²) in [5, 5.41) is 46.8. The minimum atomic E-state index is -1.84. The molecule has 6 aliphatic rings. The second kappa shape index (κ2) is 21.1. The molecule has 2 saturated heterocycles. The quantitative estimate of drug-likeness (QED) is 0.0984. The van der Waals surface area contributed by atoms with Gasteiger partial charge in [0.05, 0.1) is 114 Å². The number of methoxy groups -OCH3 is 6. The number of aliphatic hydroxyl groups is 4. The number of fused-ring (bicyclic) bond motifs is 2. The van der Waals surface area contributed by atoms with E-state index >= 15 is 0 Å². The molecule has 0 unspecified atom stereocenters. The van der Waals surface area contributed by atoms with Crippen molar-refractivity contribution in [2.24, 2.45) is 44.3 Å². The highest BCUT2D eigenvalue weighted by Gasteiger charge is 2.78. The molecule has 20 nitrogen and oxygen atoms in total. The van der Waals surface area contributed by atoms with Gasteiger partial charge >= 0.3 is 23.9 Å². The van der Waals surface area contributed by atoms with Crippen molar-refractivity contribution in [2.75, 3.05) is 42.7 Å². The Morgan fingerprint density at radius 2 is 0.872 bits per heavy atom. The van der Waals surface area contributed by atoms with Gasteiger partial charge in [-0.05, 0) is 84.8 Å². The smallest absolute Gasteiger partial charge is 0.309 e. The van der Waals surface area contributed by atoms with E-state index in [4.69, 9.17) is 46.7 Å². The Bertz CT molecular complexity index is 2520. The van der Waals surface area contributed by atoms with E-state index in [0.717, 1.165) is 0 Å². The molecule has 16 atom stereocenters. The van der Waals surface area contributed by atoms with Gasteiger partial charge < -0.3 is 67.2 Å². The average molecular weight is 1100 g/mol. The van der Waals surface area contributed by atoms with Crippen molar-refractivity contribution in [3.05, 3.63) is 70.6 Å². The van der Waals surface area contributed by atoms with Gasteiger partial charge in [-0.25, -0.2) is 0 Å². The van der Waals surface area contributed by atoms with Crippen LogP contribution in [0.2, 0.25) is 0 Å². The highest BCUT2D eigenvalue weighted by atomic mass is 16.6. The number of furan rings is 2. The fourth-order valence-electron chi connectivity index (χ4n) is 15.4. The van der Waals surface area contributed by atoms with Crippen LogP contribution >= 0.6 is 0 Å². The molecule has 20 heteroatoms. The summed E-state index contributed by atoms with van der Waals surface area (Å²) >= 11 is 0. The van der Waals surface area contributed by atoms with Gasteiger partial charge in [-0.3, -0.25) is 28.8 Å². The Hall–Kier alpha value is -5.06. The SMILES string of the molecule is COC(=O)CC1=C(C)[C@]2(O[C@H]3C[C@@H](O)C(C)(C)[C@H](CC(=O)OC)[C@@]3(C)C2=O)[C@@H](O)[C@@]1(C)[C@H](OC)c1ccoc1.COC(=O)CC1=C(C)[C@]2(O[C@H]3C[C@@H](O)C(C)(C)[C@H](CC(=O)OC)[C@@]3(C)C2=O)[C@@H](O)[C@@]1(C)[C@H](OC)c1ccoc1. The van der Waals surface area contributed by atoms with Crippen LogP contribution in [0, 0.1) is 44.3 Å². The van der Waals surface area contributed by atoms with Crippen molar-refractivity contribution in [3.63, 3.8) is 0 Å². The summed E-state index contributed by atoms with van der Waals surface area (Å²) in [6.45, 7) is 17.6. The fourth-order valence-corrected chi connectivity index (χ4v) is 15.4. The standard InChI is InChI=1S/2C29H40O10/c2*1-15-17(11-21(31)35-6)27(4,23(37-8)16-9-10-38-14-16)24(33)29(15)25(34)28(5)18(12-22(32)36-7)26(2,3)19(30)13-20(28)39-29/h2*9-10,14,18-20,23-24,30,33H,11-13H2,1-8H3/t2*18-,19+,20-,23+,24-,27+,28+,29-/m00/s1. The van der Waals surface area contributed by atoms with E-state index in [1.165, 1.54) is 67.7 Å². The number of ether oxygens (including phenoxy) is 8. The maximum Gasteiger partial charge on any atom is 0.309 e. The zero-order valence-corrected chi connectivity index (χ0v) is 47.8. The van der Waals surface area contributed by atoms with Crippen LogP contribution in [0.3, 0.4) is 0 Å². The molecule has 2 spiro atoms. The second-order valence-electron chi connectivity index (χ2n) is 24.1. The Kier molecular flexibility index (Phi) is 16.4. The third kappa shape index (κ3) is 8.43. The first-order chi connectivity index (χ1) is 36.4. The van der Waals surface area contributed by atoms with Gasteiger partial charge in [-0.1, -0.05) is 41.5 Å². The maximum atomic E-state index is 14.8. The number of hydrogen-bond acceptors (Lipinski definition) is 20. The number of Topliss-reactive ketones (excluding diaryl/α,β-unsaturated/α-hetero) is 2. The lowest BCUT2D eigenvalue weighted by Gasteiger charge is -2.52. The van der Waals surface area contributed by atoms with Crippen LogP contribution in [0.15, 0.2) is 68.3 Å². The molecule has 8 rings (SSSR count). The zero-order chi connectivity index (χ0) is 58.3. The van der Waals surface area contributed by atoms with Gasteiger partial charge in [0.1, 0.15) is 12.2 Å². The van der Waals surface area contributed by atoms with Crippen LogP contribution in [-0.4, -0.2) is 146 Å². The van der Waals surface area contributed by atoms with Crippen molar-refractivity contribution >= 4 is 35.4 Å². The van der Waals surface area contributed by atoms with E-state index in [2.05, 4.69) is 0 Å². The summed E-state index contributed by atoms with van der Waals surface area (Å²) in [6, 6.07) is 3.40. The Balaban J connectivity index is 0.000000226. The lowest BCUT2D eigenvalue weighted by atomic mass is 9.51. The highest BCUT2D eigenvalue weighted by Crippen LogP contribution is 2.69. The van der Waals surface area contributed by atoms with E-state index in [9.17, 15) is 49.2 Å². The summed E-state index contributed by atoms with van der Waals surface area (Å²) in [4.78, 5) is 80.0. The molecule has 0 radical (unpaired) electrons. The van der Waals surface area contributed by atoms with Crippen molar-refractivity contribution in [1.82, 2.24) is 0 Å². The van der Waals surface area contributed by atoms with Crippen LogP contribution in [0.4, 0.5) is 0 Å². The summed E-state index contributed by atoms with van der Waals surface area (Å²) in [6.07, 6.45) is -2.34. The van der Waals surface area contributed by atoms with E-state index in [1.807, 2.05) is 27.7 Å². The molecule has 432 valence electrons. The first kappa shape index (κ1) is 60.6. The molecule has 78 heavy (non-hydrogen) atoms. The molecule has 2 saturated carbocycles. The van der Waals surface area contributed by atoms with Crippen molar-refractivity contribution in [1.29, 1.82) is 0 Å². The normalized spacial score (nSPS) is 38.2. The van der Waals surface area contributed by atoms with Gasteiger partial charge in [0, 0.05) is 61.9 Å². The molecule has 4 aliphatic carbocycles. The topological polar surface area (TPSA) is 283 Å². The summed E-state index contributed by atoms with van der Waals surface area (Å²) in [5.41, 5.74) is -7.51. The molecule has 2 aliphatic heterocycles. The van der Waals surface area contributed by atoms with Gasteiger partial charge in [0.25, 0.3) is 0 Å². The van der Waals surface area contributed by atoms with Crippen LogP contribution in [0.25, 0.3) is 0 Å². The van der Waals surface area contributed by atoms with E-state index in [1.54, 1.807) is 53.7 Å². The third-order valence-electron chi connectivity index (χ3n) is 20.3. The van der Waals surface area contributed by atoms with Crippen molar-refractivity contribution in [3.8, 4) is 0 Å². The molecule has 0 bridgehead atoms. The van der Waals surface area contributed by atoms with Crippen LogP contribution in [0.5, 0.6) is 0 Å². The second-order valence-corrected chi connectivity index (χ2v) is 24.1. The lowest BCUT2D eigenvalue weighted by molar-refractivity contribution is -0.177. The van der Waals surface area contributed by atoms with Gasteiger partial charge in [-0.15, -0.1) is 0 Å². The minimum Gasteiger partial charge on any atom is -0.472 e. The Morgan fingerprint density at radius 3 is 1.14 bits per heavy atom. The fraction of sp³-hybridized carbons (Fsp3) is 0.690. The predicted octanol–water partition coefficient (Wildman–Crippen LogP) is 5.82. The van der Waals surface area contributed by atoms with Gasteiger partial charge in [-0.2, -0.15) is 0 Å². The number of ketones is 2. The molecule has 2 aromatic heterocycles. The predicted molar refractivity (Wildman–Crippen MR) is 274 cm³/mol. The van der Waals surface area contributed by atoms with E-state index < -0.39 is 140 Å². The average Bonchev–Trinajstić information content (AvgIpc) is 4.45. The molecule has 0 amide bonds. The van der Waals surface area contributed by atoms with Crippen LogP contribution in [0.1, 0.15) is 131 Å². The maximum absolute atomic E-state index is 14.8. The number of carbonyl (C=O) groups excluding carboxylic acids is 6. The molecular weight excluding hydrogens is 1020 g/mol. The largest absolute Gasteiger partial charge is 0.472 e. The number of carbonyl (C=O) groups is 6. The van der Waals surface area contributed by atoms with Crippen molar-refractivity contribution < 1.29 is 95.9 Å². The molecule has 4 fully saturated rings. The summed E-state index contributed by atoms with van der Waals surface area (Å²) in [5.74, 6) is -4.20. The first-order valence-electron chi connectivity index (χ1n) is 26.3. The van der Waals surface area contributed by atoms with Gasteiger partial charge in [0.2, 0.25) is 0 Å². The molecule has 4 N–H and O–H groups in total. The number of hydrogen-bond donors (Lipinski definition) is 4. The van der Waals surface area contributed by atoms with Crippen molar-refractivity contribution in [2.45, 2.75) is 168 Å². The third-order valence-corrected chi connectivity index (χ3v) is 20.3. The summed E-state index contributed by atoms with van der Waals surface area (Å²) < 4.78 is 55.5. The van der Waals surface area contributed by atoms with E-state index in [0.29, 0.717) is 33.4 Å². The summed E-state index contributed by atoms with van der Waals surface area (Å²) in [7, 11) is 8.07. The van der Waals surface area contributed by atoms with Gasteiger partial charge in [0.15, 0.2) is 22.8 Å². The highest BCUT2D eigenvalue weighted by molar-refractivity contribution is 6.02. The Morgan fingerprint density at radius 1 is 0.551 bits per heavy atom. The van der Waals surface area contributed by atoms with Crippen LogP contribution < -0.4 is 0 Å². The number of esters is 4. The monoisotopic (exact) mass is 1100 g/mol. The molecule has 4 heterocycles.